The van der Waals surface area contributed by atoms with Crippen molar-refractivity contribution in [1.82, 2.24) is 10.2 Å². The molecule has 4 aromatic rings. The molecule has 0 fully saturated rings. The van der Waals surface area contributed by atoms with Gasteiger partial charge in [-0.25, -0.2) is 8.42 Å². The summed E-state index contributed by atoms with van der Waals surface area (Å²) < 4.78 is 35.3. The second-order valence-electron chi connectivity index (χ2n) is 11.4. The molecule has 2 atom stereocenters. The van der Waals surface area contributed by atoms with E-state index in [4.69, 9.17) is 27.9 Å². The van der Waals surface area contributed by atoms with Crippen LogP contribution in [0.1, 0.15) is 38.3 Å². The number of sulfonamides is 1. The van der Waals surface area contributed by atoms with Crippen LogP contribution in [0, 0.1) is 0 Å². The number of halogens is 2. The maximum Gasteiger partial charge on any atom is 0.264 e. The first-order valence-electron chi connectivity index (χ1n) is 15.9. The average molecular weight is 743 g/mol. The Morgan fingerprint density at radius 3 is 2.08 bits per heavy atom. The van der Waals surface area contributed by atoms with Crippen molar-refractivity contribution in [3.05, 3.63) is 118 Å². The van der Waals surface area contributed by atoms with Crippen LogP contribution in [0.25, 0.3) is 0 Å². The summed E-state index contributed by atoms with van der Waals surface area (Å²) in [6.45, 7) is 5.38. The Kier molecular flexibility index (Phi) is 13.8. The first-order chi connectivity index (χ1) is 23.5. The Hall–Kier alpha value is -3.70. The fraction of sp³-hybridized carbons (Fsp3) is 0.297. The SMILES string of the molecule is CCOc1ccc(N(CC(=O)N(Cc2c(Cl)cccc2Cl)[C@H](Cc2ccccc2)C(=O)N[C@@H](C)CC)S(=O)(=O)c2ccc(SC)cc2)cc1. The van der Waals surface area contributed by atoms with Crippen LogP contribution in [0.3, 0.4) is 0 Å². The minimum absolute atomic E-state index is 0.0167. The predicted molar refractivity (Wildman–Crippen MR) is 199 cm³/mol. The maximum absolute atomic E-state index is 14.7. The van der Waals surface area contributed by atoms with Crippen LogP contribution in [-0.4, -0.2) is 56.6 Å². The molecule has 2 amide bonds. The smallest absolute Gasteiger partial charge is 0.264 e. The zero-order chi connectivity index (χ0) is 35.6. The Morgan fingerprint density at radius 1 is 0.878 bits per heavy atom. The number of nitrogens with zero attached hydrogens (tertiary/aromatic N) is 2. The van der Waals surface area contributed by atoms with E-state index in [0.717, 1.165) is 14.8 Å². The minimum atomic E-state index is -4.27. The number of carbonyl (C=O) groups is 2. The Bertz CT molecular complexity index is 1790. The molecule has 8 nitrogen and oxygen atoms in total. The van der Waals surface area contributed by atoms with Crippen molar-refractivity contribution in [2.75, 3.05) is 23.7 Å². The lowest BCUT2D eigenvalue weighted by molar-refractivity contribution is -0.140. The number of thioether (sulfide) groups is 1. The molecule has 0 spiro atoms. The monoisotopic (exact) mass is 741 g/mol. The van der Waals surface area contributed by atoms with Gasteiger partial charge in [-0.3, -0.25) is 13.9 Å². The highest BCUT2D eigenvalue weighted by atomic mass is 35.5. The number of anilines is 1. The number of carbonyl (C=O) groups excluding carboxylic acids is 2. The third kappa shape index (κ3) is 9.94. The lowest BCUT2D eigenvalue weighted by atomic mass is 10.0. The average Bonchev–Trinajstić information content (AvgIpc) is 3.10. The molecule has 260 valence electrons. The highest BCUT2D eigenvalue weighted by Crippen LogP contribution is 2.30. The van der Waals surface area contributed by atoms with Crippen LogP contribution in [0.5, 0.6) is 5.75 Å². The lowest BCUT2D eigenvalue weighted by Crippen LogP contribution is -2.54. The van der Waals surface area contributed by atoms with Crippen molar-refractivity contribution in [3.63, 3.8) is 0 Å². The highest BCUT2D eigenvalue weighted by molar-refractivity contribution is 7.98. The van der Waals surface area contributed by atoms with Crippen LogP contribution < -0.4 is 14.4 Å². The zero-order valence-corrected chi connectivity index (χ0v) is 31.1. The molecular weight excluding hydrogens is 701 g/mol. The number of rotatable bonds is 16. The van der Waals surface area contributed by atoms with Crippen molar-refractivity contribution < 1.29 is 22.7 Å². The maximum atomic E-state index is 14.7. The molecule has 0 heterocycles. The van der Waals surface area contributed by atoms with Gasteiger partial charge in [-0.1, -0.05) is 66.5 Å². The van der Waals surface area contributed by atoms with E-state index < -0.39 is 28.5 Å². The van der Waals surface area contributed by atoms with Crippen molar-refractivity contribution in [2.24, 2.45) is 0 Å². The molecule has 0 aliphatic rings. The molecule has 4 rings (SSSR count). The molecule has 0 unspecified atom stereocenters. The summed E-state index contributed by atoms with van der Waals surface area (Å²) in [5.41, 5.74) is 1.52. The Labute approximate surface area is 303 Å². The molecule has 0 radical (unpaired) electrons. The Balaban J connectivity index is 1.84. The van der Waals surface area contributed by atoms with Crippen molar-refractivity contribution in [3.8, 4) is 5.75 Å². The normalized spacial score (nSPS) is 12.5. The summed E-state index contributed by atoms with van der Waals surface area (Å²) in [7, 11) is -4.27. The van der Waals surface area contributed by atoms with E-state index in [1.54, 1.807) is 54.6 Å². The van der Waals surface area contributed by atoms with Gasteiger partial charge in [0.15, 0.2) is 0 Å². The van der Waals surface area contributed by atoms with E-state index in [1.807, 2.05) is 57.4 Å². The summed E-state index contributed by atoms with van der Waals surface area (Å²) in [6.07, 6.45) is 2.74. The van der Waals surface area contributed by atoms with Gasteiger partial charge in [0.05, 0.1) is 17.2 Å². The second kappa shape index (κ2) is 17.8. The van der Waals surface area contributed by atoms with Gasteiger partial charge >= 0.3 is 0 Å². The van der Waals surface area contributed by atoms with Gasteiger partial charge < -0.3 is 15.0 Å². The standard InChI is InChI=1S/C37H41Cl2N3O5S2/c1-5-26(3)40-37(44)35(23-27-11-8-7-9-12-27)41(24-32-33(38)13-10-14-34(32)39)36(43)25-42(28-15-17-29(18-16-28)47-6-2)49(45,46)31-21-19-30(48-4)20-22-31/h7-22,26,35H,5-6,23-25H2,1-4H3,(H,40,44)/t26-,35+/m0/s1. The molecule has 12 heteroatoms. The van der Waals surface area contributed by atoms with Crippen molar-refractivity contribution in [2.45, 2.75) is 62.0 Å². The quantitative estimate of drug-likeness (QED) is 0.118. The molecule has 0 saturated heterocycles. The molecule has 4 aromatic carbocycles. The van der Waals surface area contributed by atoms with Gasteiger partial charge in [0.1, 0.15) is 18.3 Å². The van der Waals surface area contributed by atoms with Gasteiger partial charge in [-0.05, 0) is 92.8 Å². The summed E-state index contributed by atoms with van der Waals surface area (Å²) in [6, 6.07) is 26.1. The molecule has 1 N–H and O–H groups in total. The fourth-order valence-electron chi connectivity index (χ4n) is 5.13. The summed E-state index contributed by atoms with van der Waals surface area (Å²) in [5, 5.41) is 3.66. The summed E-state index contributed by atoms with van der Waals surface area (Å²) >= 11 is 14.7. The molecule has 49 heavy (non-hydrogen) atoms. The van der Waals surface area contributed by atoms with Crippen LogP contribution in [0.4, 0.5) is 5.69 Å². The summed E-state index contributed by atoms with van der Waals surface area (Å²) in [4.78, 5) is 31.0. The molecule has 0 bridgehead atoms. The lowest BCUT2D eigenvalue weighted by Gasteiger charge is -2.34. The topological polar surface area (TPSA) is 96.0 Å². The summed E-state index contributed by atoms with van der Waals surface area (Å²) in [5.74, 6) is -0.439. The highest BCUT2D eigenvalue weighted by Gasteiger charge is 2.35. The van der Waals surface area contributed by atoms with Crippen LogP contribution in [0.2, 0.25) is 10.0 Å². The fourth-order valence-corrected chi connectivity index (χ4v) is 7.47. The van der Waals surface area contributed by atoms with Gasteiger partial charge in [0, 0.05) is 39.5 Å². The van der Waals surface area contributed by atoms with Crippen molar-refractivity contribution >= 4 is 62.5 Å². The molecule has 0 aliphatic heterocycles. The first kappa shape index (κ1) is 38.1. The van der Waals surface area contributed by atoms with Crippen LogP contribution >= 0.6 is 35.0 Å². The zero-order valence-electron chi connectivity index (χ0n) is 27.9. The molecule has 0 aromatic heterocycles. The van der Waals surface area contributed by atoms with Crippen LogP contribution in [-0.2, 0) is 32.6 Å². The number of amides is 2. The third-order valence-corrected chi connectivity index (χ3v) is 11.3. The van der Waals surface area contributed by atoms with E-state index >= 15 is 0 Å². The number of hydrogen-bond donors (Lipinski definition) is 1. The van der Waals surface area contributed by atoms with Crippen LogP contribution in [0.15, 0.2) is 107 Å². The van der Waals surface area contributed by atoms with E-state index in [-0.39, 0.29) is 35.5 Å². The van der Waals surface area contributed by atoms with E-state index in [9.17, 15) is 18.0 Å². The first-order valence-corrected chi connectivity index (χ1v) is 19.4. The molecule has 0 saturated carbocycles. The minimum Gasteiger partial charge on any atom is -0.494 e. The second-order valence-corrected chi connectivity index (χ2v) is 14.9. The van der Waals surface area contributed by atoms with Gasteiger partial charge in [-0.2, -0.15) is 0 Å². The number of nitrogens with one attached hydrogen (secondary N) is 1. The van der Waals surface area contributed by atoms with Gasteiger partial charge in [0.25, 0.3) is 10.0 Å². The predicted octanol–water partition coefficient (Wildman–Crippen LogP) is 7.86. The van der Waals surface area contributed by atoms with E-state index in [2.05, 4.69) is 5.32 Å². The van der Waals surface area contributed by atoms with E-state index in [1.165, 1.54) is 28.8 Å². The molecule has 0 aliphatic carbocycles. The number of benzene rings is 4. The third-order valence-electron chi connectivity index (χ3n) is 8.02. The van der Waals surface area contributed by atoms with E-state index in [0.29, 0.717) is 34.4 Å². The van der Waals surface area contributed by atoms with Gasteiger partial charge in [-0.15, -0.1) is 11.8 Å². The van der Waals surface area contributed by atoms with Crippen molar-refractivity contribution in [1.29, 1.82) is 0 Å². The Morgan fingerprint density at radius 2 is 1.51 bits per heavy atom. The number of ether oxygens (including phenoxy) is 1. The molecular formula is C37H41Cl2N3O5S2. The van der Waals surface area contributed by atoms with Gasteiger partial charge in [0.2, 0.25) is 11.8 Å². The largest absolute Gasteiger partial charge is 0.494 e. The number of hydrogen-bond acceptors (Lipinski definition) is 6.